The Morgan fingerprint density at radius 3 is 1.95 bits per heavy atom. The van der Waals surface area contributed by atoms with Crippen molar-refractivity contribution in [2.24, 2.45) is 23.2 Å². The normalized spacial score (nSPS) is 41.0. The summed E-state index contributed by atoms with van der Waals surface area (Å²) in [4.78, 5) is 64.2. The van der Waals surface area contributed by atoms with Gasteiger partial charge in [-0.1, -0.05) is 19.9 Å². The van der Waals surface area contributed by atoms with Crippen LogP contribution in [0.5, 0.6) is 0 Å². The van der Waals surface area contributed by atoms with Crippen molar-refractivity contribution in [3.63, 3.8) is 0 Å². The number of hydrogen-bond donors (Lipinski definition) is 0. The van der Waals surface area contributed by atoms with Gasteiger partial charge in [-0.2, -0.15) is 0 Å². The van der Waals surface area contributed by atoms with Gasteiger partial charge < -0.3 is 23.7 Å². The molecule has 10 heteroatoms. The molecule has 0 radical (unpaired) electrons. The third kappa shape index (κ3) is 4.65. The molecule has 210 valence electrons. The molecule has 8 unspecified atom stereocenters. The number of allylic oxidation sites excluding steroid dienone is 1. The second-order valence-corrected chi connectivity index (χ2v) is 12.2. The summed E-state index contributed by atoms with van der Waals surface area (Å²) in [6.45, 7) is 12.5. The molecule has 4 rings (SSSR count). The van der Waals surface area contributed by atoms with Gasteiger partial charge in [0.15, 0.2) is 17.3 Å². The van der Waals surface area contributed by atoms with Crippen LogP contribution in [0.15, 0.2) is 11.6 Å². The minimum absolute atomic E-state index is 0.0516. The SMILES string of the molecule is CC(=O)OC1C2C(OC(C)=O)C3(CCC4C(C=C(C)C(=O)C2(OC(C)=O)CC1(C)OC(C)=O)C4(C)C)CO3. The minimum atomic E-state index is -1.96. The van der Waals surface area contributed by atoms with Gasteiger partial charge in [-0.15, -0.1) is 0 Å². The van der Waals surface area contributed by atoms with Crippen molar-refractivity contribution < 1.29 is 47.7 Å². The van der Waals surface area contributed by atoms with E-state index in [1.807, 2.05) is 6.08 Å². The summed E-state index contributed by atoms with van der Waals surface area (Å²) in [5, 5.41) is 0. The molecule has 0 aromatic heterocycles. The van der Waals surface area contributed by atoms with Crippen molar-refractivity contribution in [2.75, 3.05) is 6.61 Å². The second kappa shape index (κ2) is 9.17. The maximum Gasteiger partial charge on any atom is 0.303 e. The Kier molecular flexibility index (Phi) is 6.82. The number of hydrogen-bond acceptors (Lipinski definition) is 10. The zero-order valence-corrected chi connectivity index (χ0v) is 23.4. The predicted molar refractivity (Wildman–Crippen MR) is 131 cm³/mol. The quantitative estimate of drug-likeness (QED) is 0.301. The Hall–Kier alpha value is -2.75. The zero-order chi connectivity index (χ0) is 28.4. The lowest BCUT2D eigenvalue weighted by Gasteiger charge is -2.41. The zero-order valence-electron chi connectivity index (χ0n) is 23.4. The number of rotatable bonds is 4. The van der Waals surface area contributed by atoms with Gasteiger partial charge in [-0.25, -0.2) is 0 Å². The van der Waals surface area contributed by atoms with Crippen LogP contribution in [0.25, 0.3) is 0 Å². The van der Waals surface area contributed by atoms with Crippen LogP contribution in [-0.4, -0.2) is 65.3 Å². The predicted octanol–water partition coefficient (Wildman–Crippen LogP) is 2.84. The maximum atomic E-state index is 14.4. The summed E-state index contributed by atoms with van der Waals surface area (Å²) in [6.07, 6.45) is 0.482. The highest BCUT2D eigenvalue weighted by Gasteiger charge is 2.75. The molecule has 1 heterocycles. The summed E-state index contributed by atoms with van der Waals surface area (Å²) >= 11 is 0. The van der Waals surface area contributed by atoms with E-state index in [9.17, 15) is 24.0 Å². The van der Waals surface area contributed by atoms with Crippen LogP contribution in [0, 0.1) is 23.2 Å². The largest absolute Gasteiger partial charge is 0.459 e. The number of Topliss-reactive ketones (excluding diaryl/α,β-unsaturated/α-hetero) is 1. The van der Waals surface area contributed by atoms with Gasteiger partial charge in [0.05, 0.1) is 12.5 Å². The summed E-state index contributed by atoms with van der Waals surface area (Å²) in [6, 6.07) is 0. The first-order valence-electron chi connectivity index (χ1n) is 13.1. The van der Waals surface area contributed by atoms with E-state index >= 15 is 0 Å². The molecular formula is C28H38O10. The number of carbonyl (C=O) groups is 5. The van der Waals surface area contributed by atoms with Crippen LogP contribution in [0.1, 0.15) is 74.7 Å². The highest BCUT2D eigenvalue weighted by molar-refractivity contribution is 6.03. The van der Waals surface area contributed by atoms with Crippen molar-refractivity contribution in [2.45, 2.75) is 104 Å². The van der Waals surface area contributed by atoms with Crippen LogP contribution in [0.4, 0.5) is 0 Å². The van der Waals surface area contributed by atoms with E-state index in [-0.39, 0.29) is 30.3 Å². The van der Waals surface area contributed by atoms with E-state index in [4.69, 9.17) is 23.7 Å². The Labute approximate surface area is 222 Å². The molecule has 1 aliphatic heterocycles. The minimum Gasteiger partial charge on any atom is -0.459 e. The average molecular weight is 535 g/mol. The van der Waals surface area contributed by atoms with Gasteiger partial charge in [0, 0.05) is 34.1 Å². The molecule has 8 atom stereocenters. The highest BCUT2D eigenvalue weighted by Crippen LogP contribution is 2.64. The number of epoxide rings is 1. The number of ketones is 1. The van der Waals surface area contributed by atoms with Crippen LogP contribution in [0.2, 0.25) is 0 Å². The summed E-state index contributed by atoms with van der Waals surface area (Å²) < 4.78 is 29.3. The molecular weight excluding hydrogens is 496 g/mol. The van der Waals surface area contributed by atoms with Gasteiger partial charge in [-0.05, 0) is 49.5 Å². The standard InChI is InChI=1S/C28H38O10/c1-14-11-20-19(25(20,6)7)9-10-27(13-34-27)24(36-16(3)30)21-23(35-15(2)29)26(8,37-17(4)31)12-28(21,22(14)33)38-18(5)32/h11,19-21,23-24H,9-10,12-13H2,1-8H3. The smallest absolute Gasteiger partial charge is 0.303 e. The van der Waals surface area contributed by atoms with Crippen molar-refractivity contribution in [3.8, 4) is 0 Å². The molecule has 3 fully saturated rings. The number of ether oxygens (including phenoxy) is 5. The van der Waals surface area contributed by atoms with E-state index in [1.165, 1.54) is 34.6 Å². The van der Waals surface area contributed by atoms with Gasteiger partial charge in [0.1, 0.15) is 11.7 Å². The molecule has 4 aliphatic rings. The second-order valence-electron chi connectivity index (χ2n) is 12.2. The Morgan fingerprint density at radius 2 is 1.45 bits per heavy atom. The van der Waals surface area contributed by atoms with Crippen molar-refractivity contribution in [1.82, 2.24) is 0 Å². The maximum absolute atomic E-state index is 14.4. The van der Waals surface area contributed by atoms with Gasteiger partial charge in [0.2, 0.25) is 5.78 Å². The van der Waals surface area contributed by atoms with E-state index in [0.29, 0.717) is 12.0 Å². The number of fused-ring (bicyclic) bond motifs is 2. The van der Waals surface area contributed by atoms with Crippen LogP contribution in [-0.2, 0) is 47.7 Å². The molecule has 0 amide bonds. The molecule has 10 nitrogen and oxygen atoms in total. The van der Waals surface area contributed by atoms with Crippen LogP contribution < -0.4 is 0 Å². The first-order chi connectivity index (χ1) is 17.5. The fourth-order valence-electron chi connectivity index (χ4n) is 7.18. The number of carbonyl (C=O) groups excluding carboxylic acids is 5. The first kappa shape index (κ1) is 28.3. The summed E-state index contributed by atoms with van der Waals surface area (Å²) in [5.41, 5.74) is -4.20. The Balaban J connectivity index is 2.00. The van der Waals surface area contributed by atoms with E-state index < -0.39 is 64.6 Å². The lowest BCUT2D eigenvalue weighted by molar-refractivity contribution is -0.195. The van der Waals surface area contributed by atoms with Crippen molar-refractivity contribution >= 4 is 29.7 Å². The summed E-state index contributed by atoms with van der Waals surface area (Å²) in [5.74, 6) is -4.08. The van der Waals surface area contributed by atoms with E-state index in [0.717, 1.165) is 6.42 Å². The molecule has 0 bridgehead atoms. The van der Waals surface area contributed by atoms with Crippen molar-refractivity contribution in [1.29, 1.82) is 0 Å². The molecule has 38 heavy (non-hydrogen) atoms. The van der Waals surface area contributed by atoms with Gasteiger partial charge >= 0.3 is 23.9 Å². The monoisotopic (exact) mass is 534 g/mol. The lowest BCUT2D eigenvalue weighted by atomic mass is 9.74. The third-order valence-electron chi connectivity index (χ3n) is 8.92. The third-order valence-corrected chi connectivity index (χ3v) is 8.92. The molecule has 0 N–H and O–H groups in total. The molecule has 0 aromatic carbocycles. The lowest BCUT2D eigenvalue weighted by Crippen LogP contribution is -2.58. The fraction of sp³-hybridized carbons (Fsp3) is 0.750. The van der Waals surface area contributed by atoms with Crippen LogP contribution >= 0.6 is 0 Å². The van der Waals surface area contributed by atoms with Crippen LogP contribution in [0.3, 0.4) is 0 Å². The topological polar surface area (TPSA) is 135 Å². The molecule has 0 aromatic rings. The number of esters is 4. The van der Waals surface area contributed by atoms with Gasteiger partial charge in [-0.3, -0.25) is 24.0 Å². The fourth-order valence-corrected chi connectivity index (χ4v) is 7.18. The average Bonchev–Trinajstić information content (AvgIpc) is 3.62. The van der Waals surface area contributed by atoms with E-state index in [1.54, 1.807) is 6.92 Å². The molecule has 3 aliphatic carbocycles. The van der Waals surface area contributed by atoms with E-state index in [2.05, 4.69) is 13.8 Å². The Bertz CT molecular complexity index is 1100. The summed E-state index contributed by atoms with van der Waals surface area (Å²) in [7, 11) is 0. The molecule has 1 spiro atoms. The Morgan fingerprint density at radius 1 is 0.895 bits per heavy atom. The van der Waals surface area contributed by atoms with Gasteiger partial charge in [0.25, 0.3) is 0 Å². The van der Waals surface area contributed by atoms with Crippen molar-refractivity contribution in [3.05, 3.63) is 11.6 Å². The molecule has 1 saturated heterocycles. The first-order valence-corrected chi connectivity index (χ1v) is 13.1. The molecule has 2 saturated carbocycles. The highest BCUT2D eigenvalue weighted by atomic mass is 16.6.